The van der Waals surface area contributed by atoms with E-state index in [9.17, 15) is 14.0 Å². The molecule has 0 aliphatic carbocycles. The quantitative estimate of drug-likeness (QED) is 0.238. The molecule has 1 fully saturated rings. The number of methoxy groups -OCH3 is 1. The molecule has 0 saturated carbocycles. The van der Waals surface area contributed by atoms with Crippen LogP contribution in [0.1, 0.15) is 45.9 Å². The van der Waals surface area contributed by atoms with Crippen molar-refractivity contribution in [1.82, 2.24) is 19.4 Å². The first-order valence-electron chi connectivity index (χ1n) is 15.0. The molecule has 1 saturated heterocycles. The van der Waals surface area contributed by atoms with Crippen molar-refractivity contribution in [2.24, 2.45) is 0 Å². The van der Waals surface area contributed by atoms with Crippen LogP contribution in [-0.2, 0) is 21.7 Å². The molecule has 6 aromatic rings. The lowest BCUT2D eigenvalue weighted by atomic mass is 9.91. The molecule has 1 N–H and O–H groups in total. The Morgan fingerprint density at radius 2 is 1.84 bits per heavy atom. The maximum Gasteiger partial charge on any atom is 0.253 e. The Hall–Kier alpha value is -4.44. The number of aromatic nitrogens is 2. The van der Waals surface area contributed by atoms with Crippen molar-refractivity contribution in [2.75, 3.05) is 14.2 Å². The fourth-order valence-electron chi connectivity index (χ4n) is 8.36. The maximum absolute atomic E-state index is 13.9. The number of hydrogen-bond donors (Lipinski definition) is 1. The molecule has 4 atom stereocenters. The summed E-state index contributed by atoms with van der Waals surface area (Å²) < 4.78 is 31.7. The molecule has 4 aromatic carbocycles. The first-order valence-corrected chi connectivity index (χ1v) is 15.3. The van der Waals surface area contributed by atoms with E-state index in [1.54, 1.807) is 19.1 Å². The number of halogens is 2. The summed E-state index contributed by atoms with van der Waals surface area (Å²) in [6, 6.07) is 19.1. The van der Waals surface area contributed by atoms with Gasteiger partial charge >= 0.3 is 0 Å². The van der Waals surface area contributed by atoms with Crippen molar-refractivity contribution in [3.63, 3.8) is 0 Å². The Balaban J connectivity index is 1.41. The van der Waals surface area contributed by atoms with Crippen molar-refractivity contribution < 1.29 is 23.5 Å². The smallest absolute Gasteiger partial charge is 0.253 e. The predicted molar refractivity (Wildman–Crippen MR) is 170 cm³/mol. The van der Waals surface area contributed by atoms with Crippen LogP contribution >= 0.6 is 11.6 Å². The number of carbonyl (C=O) groups excluding carboxylic acids is 2. The minimum absolute atomic E-state index is 0.112. The molecule has 45 heavy (non-hydrogen) atoms. The molecule has 2 aromatic heterocycles. The fourth-order valence-corrected chi connectivity index (χ4v) is 8.53. The van der Waals surface area contributed by atoms with Gasteiger partial charge in [0.05, 0.1) is 33.7 Å². The Labute approximate surface area is 261 Å². The second-order valence-corrected chi connectivity index (χ2v) is 12.8. The van der Waals surface area contributed by atoms with Gasteiger partial charge in [0.1, 0.15) is 18.1 Å². The molecule has 3 aliphatic rings. The van der Waals surface area contributed by atoms with Gasteiger partial charge in [-0.05, 0) is 61.0 Å². The van der Waals surface area contributed by atoms with Crippen LogP contribution < -0.4 is 5.32 Å². The van der Waals surface area contributed by atoms with E-state index in [0.717, 1.165) is 49.2 Å². The Morgan fingerprint density at radius 3 is 2.62 bits per heavy atom. The molecule has 3 aliphatic heterocycles. The first-order chi connectivity index (χ1) is 21.7. The highest BCUT2D eigenvalue weighted by atomic mass is 35.5. The van der Waals surface area contributed by atoms with Gasteiger partial charge in [-0.2, -0.15) is 0 Å². The number of nitrogens with zero attached hydrogens (tertiary/aromatic N) is 3. The zero-order chi connectivity index (χ0) is 30.9. The van der Waals surface area contributed by atoms with E-state index in [2.05, 4.69) is 26.6 Å². The number of benzene rings is 4. The third kappa shape index (κ3) is 3.32. The highest BCUT2D eigenvalue weighted by molar-refractivity contribution is 6.34. The van der Waals surface area contributed by atoms with Crippen LogP contribution in [0.15, 0.2) is 66.7 Å². The minimum atomic E-state index is -1.07. The summed E-state index contributed by atoms with van der Waals surface area (Å²) in [4.78, 5) is 29.2. The van der Waals surface area contributed by atoms with Crippen LogP contribution in [0.5, 0.6) is 0 Å². The van der Waals surface area contributed by atoms with Crippen LogP contribution in [0.3, 0.4) is 0 Å². The second-order valence-electron chi connectivity index (χ2n) is 12.4. The molecule has 0 spiro atoms. The van der Waals surface area contributed by atoms with E-state index in [1.165, 1.54) is 24.3 Å². The maximum atomic E-state index is 13.9. The van der Waals surface area contributed by atoms with Gasteiger partial charge in [0.15, 0.2) is 5.72 Å². The number of carbonyl (C=O) groups is 2. The van der Waals surface area contributed by atoms with Crippen LogP contribution in [-0.4, -0.2) is 52.2 Å². The third-order valence-corrected chi connectivity index (χ3v) is 10.4. The second kappa shape index (κ2) is 9.06. The topological polar surface area (TPSA) is 77.7 Å². The minimum Gasteiger partial charge on any atom is -0.374 e. The number of rotatable bonds is 3. The first kappa shape index (κ1) is 26.9. The van der Waals surface area contributed by atoms with E-state index >= 15 is 0 Å². The van der Waals surface area contributed by atoms with E-state index < -0.39 is 29.9 Å². The normalized spacial score (nSPS) is 23.7. The number of ether oxygens (including phenoxy) is 2. The van der Waals surface area contributed by atoms with E-state index in [0.29, 0.717) is 29.1 Å². The molecule has 5 heterocycles. The van der Waals surface area contributed by atoms with Gasteiger partial charge in [0.2, 0.25) is 0 Å². The summed E-state index contributed by atoms with van der Waals surface area (Å²) in [5.74, 6) is -0.757. The zero-order valence-corrected chi connectivity index (χ0v) is 25.5. The zero-order valence-electron chi connectivity index (χ0n) is 24.7. The largest absolute Gasteiger partial charge is 0.374 e. The third-order valence-electron chi connectivity index (χ3n) is 10.2. The van der Waals surface area contributed by atoms with E-state index in [-0.39, 0.29) is 11.8 Å². The van der Waals surface area contributed by atoms with Crippen LogP contribution in [0.2, 0.25) is 5.02 Å². The summed E-state index contributed by atoms with van der Waals surface area (Å²) in [5.41, 5.74) is 4.60. The summed E-state index contributed by atoms with van der Waals surface area (Å²) in [7, 11) is 3.41. The SMILES string of the molecule is CO[C@@H]1[C@H](N(C)C(=O)c2ccc(F)cc2)C[C@H]2O[C@]1(C)n1c3ccccc3c3c4c(c5c6cc(Cl)ccc6n2c5c31)C(=O)NC4. The lowest BCUT2D eigenvalue weighted by Crippen LogP contribution is -2.61. The summed E-state index contributed by atoms with van der Waals surface area (Å²) >= 11 is 6.59. The number of likely N-dealkylation sites (N-methyl/N-ethyl adjacent to an activating group) is 1. The lowest BCUT2D eigenvalue weighted by Gasteiger charge is -2.50. The van der Waals surface area contributed by atoms with E-state index in [1.807, 2.05) is 37.3 Å². The fraction of sp³-hybridized carbons (Fsp3) is 0.257. The van der Waals surface area contributed by atoms with Crippen molar-refractivity contribution in [2.45, 2.75) is 44.0 Å². The molecule has 9 rings (SSSR count). The van der Waals surface area contributed by atoms with Gasteiger partial charge in [0.25, 0.3) is 11.8 Å². The van der Waals surface area contributed by atoms with E-state index in [4.69, 9.17) is 21.1 Å². The summed E-state index contributed by atoms with van der Waals surface area (Å²) in [6.07, 6.45) is -0.706. The molecule has 10 heteroatoms. The lowest BCUT2D eigenvalue weighted by molar-refractivity contribution is -0.264. The van der Waals surface area contributed by atoms with Gasteiger partial charge in [-0.25, -0.2) is 4.39 Å². The predicted octanol–water partition coefficient (Wildman–Crippen LogP) is 6.70. The van der Waals surface area contributed by atoms with Crippen LogP contribution in [0, 0.1) is 5.82 Å². The average molecular weight is 623 g/mol. The van der Waals surface area contributed by atoms with Crippen LogP contribution in [0.4, 0.5) is 4.39 Å². The number of fused-ring (bicyclic) bond motifs is 13. The Morgan fingerprint density at radius 1 is 1.07 bits per heavy atom. The van der Waals surface area contributed by atoms with Crippen molar-refractivity contribution >= 4 is 67.0 Å². The van der Waals surface area contributed by atoms with Gasteiger partial charge in [-0.15, -0.1) is 0 Å². The molecule has 0 radical (unpaired) electrons. The van der Waals surface area contributed by atoms with Crippen LogP contribution in [0.25, 0.3) is 43.6 Å². The number of amides is 2. The molecule has 8 nitrogen and oxygen atoms in total. The monoisotopic (exact) mass is 622 g/mol. The van der Waals surface area contributed by atoms with Crippen molar-refractivity contribution in [1.29, 1.82) is 0 Å². The number of hydrogen-bond acceptors (Lipinski definition) is 4. The van der Waals surface area contributed by atoms with Gasteiger partial charge < -0.3 is 28.8 Å². The Bertz CT molecular complexity index is 2290. The number of para-hydroxylation sites is 1. The molecular formula is C35H28ClFN4O4. The average Bonchev–Trinajstić information content (AvgIpc) is 3.68. The molecule has 2 bridgehead atoms. The molecular weight excluding hydrogens is 595 g/mol. The summed E-state index contributed by atoms with van der Waals surface area (Å²) in [6.45, 7) is 2.43. The van der Waals surface area contributed by atoms with Gasteiger partial charge in [-0.1, -0.05) is 29.8 Å². The summed E-state index contributed by atoms with van der Waals surface area (Å²) in [5, 5.41) is 7.38. The number of nitrogens with one attached hydrogen (secondary N) is 1. The van der Waals surface area contributed by atoms with Crippen molar-refractivity contribution in [3.8, 4) is 0 Å². The highest BCUT2D eigenvalue weighted by Crippen LogP contribution is 2.54. The standard InChI is InChI=1S/C35H28ClFN4O4/c1-35-32(44-3)25(39(2)34(43)17-8-11-19(37)12-9-17)15-26(45-35)40-23-13-10-18(36)14-21(23)28-29-22(16-38-33(29)42)27-20-6-4-5-7-24(20)41(35)31(27)30(28)40/h4-14,25-26,32H,15-16H2,1-3H3,(H,38,42)/t25-,26-,32-,35+/m1/s1. The van der Waals surface area contributed by atoms with Gasteiger partial charge in [-0.3, -0.25) is 9.59 Å². The Kier molecular flexibility index (Phi) is 5.42. The van der Waals surface area contributed by atoms with Crippen molar-refractivity contribution in [3.05, 3.63) is 94.3 Å². The van der Waals surface area contributed by atoms with Gasteiger partial charge in [0, 0.05) is 59.3 Å². The highest BCUT2D eigenvalue weighted by Gasteiger charge is 2.55. The molecule has 2 amide bonds. The molecule has 0 unspecified atom stereocenters. The molecule has 226 valence electrons.